The number of amides is 1. The van der Waals surface area contributed by atoms with Crippen LogP contribution < -0.4 is 0 Å². The highest BCUT2D eigenvalue weighted by atomic mass is 16.2. The Labute approximate surface area is 166 Å². The van der Waals surface area contributed by atoms with Crippen LogP contribution in [0.15, 0.2) is 73.1 Å². The fourth-order valence-corrected chi connectivity index (χ4v) is 3.87. The molecule has 5 heteroatoms. The Morgan fingerprint density at radius 3 is 2.36 bits per heavy atom. The highest BCUT2D eigenvalue weighted by Crippen LogP contribution is 2.25. The van der Waals surface area contributed by atoms with Gasteiger partial charge in [0.15, 0.2) is 0 Å². The number of nitrogens with zero attached hydrogens (tertiary/aromatic N) is 4. The molecule has 144 valence electrons. The Hall–Kier alpha value is -2.92. The highest BCUT2D eigenvalue weighted by molar-refractivity contribution is 5.83. The third-order valence-electron chi connectivity index (χ3n) is 5.30. The molecule has 1 saturated heterocycles. The van der Waals surface area contributed by atoms with Gasteiger partial charge in [0.05, 0.1) is 11.9 Å². The summed E-state index contributed by atoms with van der Waals surface area (Å²) >= 11 is 0. The van der Waals surface area contributed by atoms with E-state index in [1.165, 1.54) is 0 Å². The fraction of sp³-hybridized carbons (Fsp3) is 0.304. The van der Waals surface area contributed by atoms with Crippen LogP contribution in [-0.2, 0) is 11.3 Å². The first-order valence-electron chi connectivity index (χ1n) is 9.85. The van der Waals surface area contributed by atoms with E-state index < -0.39 is 0 Å². The SMILES string of the molecule is CN(Cc1cnn(-c2ccccc2)c1)[C@H](C(=O)N1CCCC1)c1ccccc1. The molecule has 5 nitrogen and oxygen atoms in total. The maximum absolute atomic E-state index is 13.3. The van der Waals surface area contributed by atoms with Crippen molar-refractivity contribution in [3.8, 4) is 5.69 Å². The molecule has 2 heterocycles. The average Bonchev–Trinajstić information content (AvgIpc) is 3.42. The second-order valence-corrected chi connectivity index (χ2v) is 7.39. The first-order chi connectivity index (χ1) is 13.7. The largest absolute Gasteiger partial charge is 0.341 e. The molecular weight excluding hydrogens is 348 g/mol. The number of para-hydroxylation sites is 1. The van der Waals surface area contributed by atoms with E-state index in [4.69, 9.17) is 0 Å². The van der Waals surface area contributed by atoms with Crippen LogP contribution in [-0.4, -0.2) is 45.6 Å². The Kier molecular flexibility index (Phi) is 5.53. The molecule has 1 amide bonds. The summed E-state index contributed by atoms with van der Waals surface area (Å²) in [5.74, 6) is 0.196. The monoisotopic (exact) mass is 374 g/mol. The Morgan fingerprint density at radius 2 is 1.68 bits per heavy atom. The van der Waals surface area contributed by atoms with Crippen molar-refractivity contribution < 1.29 is 4.79 Å². The molecule has 1 aromatic heterocycles. The lowest BCUT2D eigenvalue weighted by Gasteiger charge is -2.30. The summed E-state index contributed by atoms with van der Waals surface area (Å²) in [7, 11) is 2.02. The zero-order valence-corrected chi connectivity index (χ0v) is 16.2. The van der Waals surface area contributed by atoms with Crippen molar-refractivity contribution in [1.82, 2.24) is 19.6 Å². The molecule has 1 aliphatic rings. The van der Waals surface area contributed by atoms with E-state index in [9.17, 15) is 4.79 Å². The van der Waals surface area contributed by atoms with Gasteiger partial charge in [-0.25, -0.2) is 4.68 Å². The maximum atomic E-state index is 13.3. The van der Waals surface area contributed by atoms with E-state index in [0.717, 1.165) is 42.7 Å². The van der Waals surface area contributed by atoms with Crippen LogP contribution >= 0.6 is 0 Å². The second-order valence-electron chi connectivity index (χ2n) is 7.39. The van der Waals surface area contributed by atoms with Crippen molar-refractivity contribution in [3.63, 3.8) is 0 Å². The van der Waals surface area contributed by atoms with Gasteiger partial charge in [0.25, 0.3) is 0 Å². The molecule has 28 heavy (non-hydrogen) atoms. The molecule has 3 aromatic rings. The normalized spacial score (nSPS) is 15.1. The lowest BCUT2D eigenvalue weighted by atomic mass is 10.0. The Balaban J connectivity index is 1.55. The first-order valence-corrected chi connectivity index (χ1v) is 9.85. The third kappa shape index (κ3) is 3.99. The number of hydrogen-bond donors (Lipinski definition) is 0. The maximum Gasteiger partial charge on any atom is 0.244 e. The number of likely N-dealkylation sites (tertiary alicyclic amines) is 1. The molecule has 2 aromatic carbocycles. The van der Waals surface area contributed by atoms with Gasteiger partial charge in [0, 0.05) is 31.4 Å². The van der Waals surface area contributed by atoms with E-state index >= 15 is 0 Å². The summed E-state index contributed by atoms with van der Waals surface area (Å²) in [6, 6.07) is 19.9. The zero-order chi connectivity index (χ0) is 19.3. The van der Waals surface area contributed by atoms with Crippen molar-refractivity contribution in [2.75, 3.05) is 20.1 Å². The lowest BCUT2D eigenvalue weighted by Crippen LogP contribution is -2.40. The van der Waals surface area contributed by atoms with Gasteiger partial charge in [0.2, 0.25) is 5.91 Å². The van der Waals surface area contributed by atoms with Crippen molar-refractivity contribution in [2.24, 2.45) is 0 Å². The quantitative estimate of drug-likeness (QED) is 0.661. The van der Waals surface area contributed by atoms with E-state index in [1.807, 2.05) is 89.7 Å². The van der Waals surface area contributed by atoms with Gasteiger partial charge in [-0.15, -0.1) is 0 Å². The van der Waals surface area contributed by atoms with Crippen molar-refractivity contribution in [1.29, 1.82) is 0 Å². The first kappa shape index (κ1) is 18.4. The van der Waals surface area contributed by atoms with Crippen molar-refractivity contribution in [2.45, 2.75) is 25.4 Å². The number of carbonyl (C=O) groups is 1. The molecule has 0 N–H and O–H groups in total. The van der Waals surface area contributed by atoms with Crippen LogP contribution in [0.2, 0.25) is 0 Å². The minimum absolute atomic E-state index is 0.196. The summed E-state index contributed by atoms with van der Waals surface area (Å²) in [5.41, 5.74) is 3.16. The zero-order valence-electron chi connectivity index (χ0n) is 16.2. The number of hydrogen-bond acceptors (Lipinski definition) is 3. The summed E-state index contributed by atoms with van der Waals surface area (Å²) in [4.78, 5) is 17.4. The average molecular weight is 374 g/mol. The van der Waals surface area contributed by atoms with Gasteiger partial charge in [0.1, 0.15) is 6.04 Å². The third-order valence-corrected chi connectivity index (χ3v) is 5.30. The summed E-state index contributed by atoms with van der Waals surface area (Å²) in [5, 5.41) is 4.49. The minimum Gasteiger partial charge on any atom is -0.341 e. The molecular formula is C23H26N4O. The van der Waals surface area contributed by atoms with Gasteiger partial charge in [-0.1, -0.05) is 48.5 Å². The number of carbonyl (C=O) groups excluding carboxylic acids is 1. The molecule has 0 saturated carbocycles. The Morgan fingerprint density at radius 1 is 1.04 bits per heavy atom. The van der Waals surface area contributed by atoms with Gasteiger partial charge in [-0.05, 0) is 37.6 Å². The van der Waals surface area contributed by atoms with Crippen LogP contribution in [0.4, 0.5) is 0 Å². The fourth-order valence-electron chi connectivity index (χ4n) is 3.87. The van der Waals surface area contributed by atoms with E-state index in [0.29, 0.717) is 6.54 Å². The van der Waals surface area contributed by atoms with E-state index in [-0.39, 0.29) is 11.9 Å². The second kappa shape index (κ2) is 8.40. The van der Waals surface area contributed by atoms with Gasteiger partial charge in [-0.2, -0.15) is 5.10 Å². The molecule has 0 bridgehead atoms. The van der Waals surface area contributed by atoms with Crippen molar-refractivity contribution >= 4 is 5.91 Å². The number of likely N-dealkylation sites (N-methyl/N-ethyl adjacent to an activating group) is 1. The molecule has 0 radical (unpaired) electrons. The van der Waals surface area contributed by atoms with Crippen LogP contribution in [0.25, 0.3) is 5.69 Å². The predicted molar refractivity (Wildman–Crippen MR) is 110 cm³/mol. The highest BCUT2D eigenvalue weighted by Gasteiger charge is 2.30. The Bertz CT molecular complexity index is 901. The predicted octanol–water partition coefficient (Wildman–Crippen LogP) is 3.67. The van der Waals surface area contributed by atoms with Crippen molar-refractivity contribution in [3.05, 3.63) is 84.2 Å². The number of aromatic nitrogens is 2. The van der Waals surface area contributed by atoms with Gasteiger partial charge in [-0.3, -0.25) is 9.69 Å². The van der Waals surface area contributed by atoms with E-state index in [2.05, 4.69) is 10.00 Å². The van der Waals surface area contributed by atoms with Crippen LogP contribution in [0, 0.1) is 0 Å². The summed E-state index contributed by atoms with van der Waals surface area (Å²) < 4.78 is 1.88. The lowest BCUT2D eigenvalue weighted by molar-refractivity contribution is -0.136. The minimum atomic E-state index is -0.278. The van der Waals surface area contributed by atoms with Gasteiger partial charge < -0.3 is 4.90 Å². The smallest absolute Gasteiger partial charge is 0.244 e. The summed E-state index contributed by atoms with van der Waals surface area (Å²) in [6.07, 6.45) is 6.11. The van der Waals surface area contributed by atoms with Crippen LogP contribution in [0.5, 0.6) is 0 Å². The molecule has 0 unspecified atom stereocenters. The molecule has 0 spiro atoms. The molecule has 1 fully saturated rings. The van der Waals surface area contributed by atoms with Crippen LogP contribution in [0.3, 0.4) is 0 Å². The molecule has 4 rings (SSSR count). The van der Waals surface area contributed by atoms with Crippen LogP contribution in [0.1, 0.15) is 30.0 Å². The number of benzene rings is 2. The molecule has 1 atom stereocenters. The van der Waals surface area contributed by atoms with E-state index in [1.54, 1.807) is 0 Å². The molecule has 0 aliphatic carbocycles. The number of rotatable bonds is 6. The molecule has 1 aliphatic heterocycles. The standard InChI is InChI=1S/C23H26N4O/c1-25(17-19-16-24-27(18-19)21-12-6-3-7-13-21)22(20-10-4-2-5-11-20)23(28)26-14-8-9-15-26/h2-7,10-13,16,18,22H,8-9,14-15,17H2,1H3/t22-/m0/s1. The topological polar surface area (TPSA) is 41.4 Å². The van der Waals surface area contributed by atoms with Gasteiger partial charge >= 0.3 is 0 Å². The summed E-state index contributed by atoms with van der Waals surface area (Å²) in [6.45, 7) is 2.38.